The van der Waals surface area contributed by atoms with Crippen molar-refractivity contribution in [2.24, 2.45) is 17.8 Å². The summed E-state index contributed by atoms with van der Waals surface area (Å²) in [6.07, 6.45) is 2.93. The molecular weight excluding hydrogens is 178 g/mol. The van der Waals surface area contributed by atoms with Gasteiger partial charge < -0.3 is 11.1 Å². The van der Waals surface area contributed by atoms with Gasteiger partial charge in [-0.2, -0.15) is 5.10 Å². The Labute approximate surface area is 84.0 Å². The molecule has 0 aliphatic rings. The number of nitrogens with two attached hydrogens (primary N) is 1. The lowest BCUT2D eigenvalue weighted by molar-refractivity contribution is 0.741. The minimum absolute atomic E-state index is 0.484. The SMILES string of the molecule is CCCNC(N)=NCc1ccn(C)n1. The third-order valence-electron chi connectivity index (χ3n) is 1.74. The van der Waals surface area contributed by atoms with E-state index < -0.39 is 0 Å². The zero-order valence-corrected chi connectivity index (χ0v) is 8.70. The molecule has 1 rings (SSSR count). The predicted molar refractivity (Wildman–Crippen MR) is 56.8 cm³/mol. The first-order valence-corrected chi connectivity index (χ1v) is 4.74. The Kier molecular flexibility index (Phi) is 3.97. The Morgan fingerprint density at radius 3 is 3.07 bits per heavy atom. The lowest BCUT2D eigenvalue weighted by atomic mass is 10.4. The third kappa shape index (κ3) is 3.47. The fourth-order valence-electron chi connectivity index (χ4n) is 1.02. The minimum atomic E-state index is 0.484. The molecule has 0 aliphatic carbocycles. The topological polar surface area (TPSA) is 68.2 Å². The lowest BCUT2D eigenvalue weighted by Gasteiger charge is -2.01. The highest BCUT2D eigenvalue weighted by Gasteiger charge is 1.95. The van der Waals surface area contributed by atoms with Gasteiger partial charge in [0, 0.05) is 19.8 Å². The van der Waals surface area contributed by atoms with Gasteiger partial charge in [0.25, 0.3) is 0 Å². The van der Waals surface area contributed by atoms with Gasteiger partial charge in [-0.05, 0) is 12.5 Å². The molecule has 0 amide bonds. The molecule has 0 saturated carbocycles. The van der Waals surface area contributed by atoms with E-state index in [0.29, 0.717) is 12.5 Å². The summed E-state index contributed by atoms with van der Waals surface area (Å²) in [4.78, 5) is 4.15. The summed E-state index contributed by atoms with van der Waals surface area (Å²) < 4.78 is 1.75. The fraction of sp³-hybridized carbons (Fsp3) is 0.556. The van der Waals surface area contributed by atoms with Crippen LogP contribution in [0.4, 0.5) is 0 Å². The molecule has 5 nitrogen and oxygen atoms in total. The molecule has 78 valence electrons. The molecule has 1 aromatic heterocycles. The average molecular weight is 195 g/mol. The van der Waals surface area contributed by atoms with Gasteiger partial charge >= 0.3 is 0 Å². The summed E-state index contributed by atoms with van der Waals surface area (Å²) in [5.41, 5.74) is 6.54. The van der Waals surface area contributed by atoms with Crippen LogP contribution in [0.5, 0.6) is 0 Å². The number of rotatable bonds is 4. The molecule has 0 saturated heterocycles. The van der Waals surface area contributed by atoms with Gasteiger partial charge in [0.15, 0.2) is 5.96 Å². The highest BCUT2D eigenvalue weighted by atomic mass is 15.3. The Morgan fingerprint density at radius 2 is 2.50 bits per heavy atom. The van der Waals surface area contributed by atoms with Crippen molar-refractivity contribution in [3.05, 3.63) is 18.0 Å². The van der Waals surface area contributed by atoms with E-state index in [2.05, 4.69) is 22.3 Å². The number of nitrogens with one attached hydrogen (secondary N) is 1. The minimum Gasteiger partial charge on any atom is -0.370 e. The summed E-state index contributed by atoms with van der Waals surface area (Å²) in [7, 11) is 1.88. The maximum absolute atomic E-state index is 5.62. The molecular formula is C9H17N5. The largest absolute Gasteiger partial charge is 0.370 e. The Morgan fingerprint density at radius 1 is 1.71 bits per heavy atom. The summed E-state index contributed by atoms with van der Waals surface area (Å²) in [6, 6.07) is 1.93. The molecule has 0 spiro atoms. The van der Waals surface area contributed by atoms with E-state index in [9.17, 15) is 0 Å². The van der Waals surface area contributed by atoms with Crippen LogP contribution in [0.3, 0.4) is 0 Å². The number of guanidine groups is 1. The monoisotopic (exact) mass is 195 g/mol. The van der Waals surface area contributed by atoms with E-state index >= 15 is 0 Å². The van der Waals surface area contributed by atoms with Gasteiger partial charge in [0.2, 0.25) is 0 Å². The average Bonchev–Trinajstić information content (AvgIpc) is 2.58. The van der Waals surface area contributed by atoms with Gasteiger partial charge in [-0.3, -0.25) is 4.68 Å². The van der Waals surface area contributed by atoms with Crippen LogP contribution in [0.15, 0.2) is 17.3 Å². The van der Waals surface area contributed by atoms with E-state index in [1.807, 2.05) is 19.3 Å². The third-order valence-corrected chi connectivity index (χ3v) is 1.74. The highest BCUT2D eigenvalue weighted by Crippen LogP contribution is 1.95. The molecule has 0 atom stereocenters. The molecule has 0 aromatic carbocycles. The van der Waals surface area contributed by atoms with Gasteiger partial charge in [0.1, 0.15) is 0 Å². The predicted octanol–water partition coefficient (Wildman–Crippen LogP) is 0.234. The second kappa shape index (κ2) is 5.26. The number of aryl methyl sites for hydroxylation is 1. The molecule has 0 bridgehead atoms. The van der Waals surface area contributed by atoms with E-state index in [0.717, 1.165) is 18.7 Å². The van der Waals surface area contributed by atoms with Crippen LogP contribution in [0, 0.1) is 0 Å². The van der Waals surface area contributed by atoms with Crippen LogP contribution < -0.4 is 11.1 Å². The van der Waals surface area contributed by atoms with Crippen molar-refractivity contribution in [1.82, 2.24) is 15.1 Å². The van der Waals surface area contributed by atoms with Crippen molar-refractivity contribution in [1.29, 1.82) is 0 Å². The van der Waals surface area contributed by atoms with Crippen LogP contribution in [-0.4, -0.2) is 22.3 Å². The Hall–Kier alpha value is -1.52. The zero-order chi connectivity index (χ0) is 10.4. The first-order chi connectivity index (χ1) is 6.72. The second-order valence-electron chi connectivity index (χ2n) is 3.11. The fourth-order valence-corrected chi connectivity index (χ4v) is 1.02. The van der Waals surface area contributed by atoms with E-state index in [1.54, 1.807) is 4.68 Å². The van der Waals surface area contributed by atoms with Crippen molar-refractivity contribution in [3.8, 4) is 0 Å². The summed E-state index contributed by atoms with van der Waals surface area (Å²) in [6.45, 7) is 3.47. The molecule has 0 aliphatic heterocycles. The summed E-state index contributed by atoms with van der Waals surface area (Å²) in [5.74, 6) is 0.484. The summed E-state index contributed by atoms with van der Waals surface area (Å²) >= 11 is 0. The number of nitrogens with zero attached hydrogens (tertiary/aromatic N) is 3. The maximum atomic E-state index is 5.62. The van der Waals surface area contributed by atoms with Crippen LogP contribution in [0.2, 0.25) is 0 Å². The molecule has 3 N–H and O–H groups in total. The van der Waals surface area contributed by atoms with Gasteiger partial charge in [-0.25, -0.2) is 4.99 Å². The van der Waals surface area contributed by atoms with Gasteiger partial charge in [0.05, 0.1) is 12.2 Å². The highest BCUT2D eigenvalue weighted by molar-refractivity contribution is 5.77. The first-order valence-electron chi connectivity index (χ1n) is 4.74. The molecule has 1 heterocycles. The number of hydrogen-bond acceptors (Lipinski definition) is 2. The standard InChI is InChI=1S/C9H17N5/c1-3-5-11-9(10)12-7-8-4-6-14(2)13-8/h4,6H,3,5,7H2,1-2H3,(H3,10,11,12). The Balaban J connectivity index is 2.38. The number of hydrogen-bond donors (Lipinski definition) is 2. The molecule has 0 fully saturated rings. The van der Waals surface area contributed by atoms with Crippen LogP contribution >= 0.6 is 0 Å². The quantitative estimate of drug-likeness (QED) is 0.534. The lowest BCUT2D eigenvalue weighted by Crippen LogP contribution is -2.32. The van der Waals surface area contributed by atoms with Crippen LogP contribution in [0.25, 0.3) is 0 Å². The zero-order valence-electron chi connectivity index (χ0n) is 8.70. The van der Waals surface area contributed by atoms with Crippen LogP contribution in [-0.2, 0) is 13.6 Å². The van der Waals surface area contributed by atoms with E-state index in [-0.39, 0.29) is 0 Å². The molecule has 0 radical (unpaired) electrons. The van der Waals surface area contributed by atoms with E-state index in [4.69, 9.17) is 5.73 Å². The van der Waals surface area contributed by atoms with Gasteiger partial charge in [-0.1, -0.05) is 6.92 Å². The smallest absolute Gasteiger partial charge is 0.188 e. The Bertz CT molecular complexity index is 302. The number of aliphatic imine (C=N–C) groups is 1. The van der Waals surface area contributed by atoms with Gasteiger partial charge in [-0.15, -0.1) is 0 Å². The molecule has 1 aromatic rings. The van der Waals surface area contributed by atoms with Crippen molar-refractivity contribution in [2.75, 3.05) is 6.54 Å². The van der Waals surface area contributed by atoms with Crippen molar-refractivity contribution >= 4 is 5.96 Å². The maximum Gasteiger partial charge on any atom is 0.188 e. The summed E-state index contributed by atoms with van der Waals surface area (Å²) in [5, 5.41) is 7.19. The normalized spacial score (nSPS) is 11.7. The van der Waals surface area contributed by atoms with Crippen molar-refractivity contribution in [2.45, 2.75) is 19.9 Å². The molecule has 0 unspecified atom stereocenters. The number of aromatic nitrogens is 2. The van der Waals surface area contributed by atoms with Crippen molar-refractivity contribution < 1.29 is 0 Å². The second-order valence-corrected chi connectivity index (χ2v) is 3.11. The van der Waals surface area contributed by atoms with Crippen LogP contribution in [0.1, 0.15) is 19.0 Å². The first kappa shape index (κ1) is 10.6. The molecule has 5 heteroatoms. The van der Waals surface area contributed by atoms with Crippen molar-refractivity contribution in [3.63, 3.8) is 0 Å². The van der Waals surface area contributed by atoms with E-state index in [1.165, 1.54) is 0 Å². The molecule has 14 heavy (non-hydrogen) atoms.